The number of rotatable bonds is 2. The lowest BCUT2D eigenvalue weighted by Gasteiger charge is -2.34. The molecule has 4 heteroatoms. The summed E-state index contributed by atoms with van der Waals surface area (Å²) in [6, 6.07) is 0. The molecule has 0 heterocycles. The SMILES string of the molecule is O=C1CCC(O)(C(O)CO)CC1. The molecule has 1 fully saturated rings. The van der Waals surface area contributed by atoms with Gasteiger partial charge in [-0.2, -0.15) is 0 Å². The molecule has 0 saturated heterocycles. The van der Waals surface area contributed by atoms with E-state index in [-0.39, 0.29) is 18.6 Å². The van der Waals surface area contributed by atoms with Gasteiger partial charge in [-0.15, -0.1) is 0 Å². The fourth-order valence-corrected chi connectivity index (χ4v) is 1.46. The van der Waals surface area contributed by atoms with Crippen LogP contribution in [0.1, 0.15) is 25.7 Å². The molecule has 4 nitrogen and oxygen atoms in total. The third-order valence-electron chi connectivity index (χ3n) is 2.47. The Morgan fingerprint density at radius 2 is 1.92 bits per heavy atom. The first kappa shape index (κ1) is 9.64. The lowest BCUT2D eigenvalue weighted by molar-refractivity contribution is -0.138. The summed E-state index contributed by atoms with van der Waals surface area (Å²) in [4.78, 5) is 10.8. The average Bonchev–Trinajstić information content (AvgIpc) is 2.09. The number of hydrogen-bond donors (Lipinski definition) is 3. The van der Waals surface area contributed by atoms with E-state index in [1.54, 1.807) is 0 Å². The highest BCUT2D eigenvalue weighted by Gasteiger charge is 2.38. The van der Waals surface area contributed by atoms with Gasteiger partial charge in [-0.05, 0) is 12.8 Å². The van der Waals surface area contributed by atoms with Crippen molar-refractivity contribution in [3.05, 3.63) is 0 Å². The molecule has 3 N–H and O–H groups in total. The number of Topliss-reactive ketones (excluding diaryl/α,β-unsaturated/α-hetero) is 1. The Morgan fingerprint density at radius 1 is 1.42 bits per heavy atom. The fraction of sp³-hybridized carbons (Fsp3) is 0.875. The van der Waals surface area contributed by atoms with E-state index in [4.69, 9.17) is 5.11 Å². The van der Waals surface area contributed by atoms with Crippen molar-refractivity contribution >= 4 is 5.78 Å². The zero-order valence-corrected chi connectivity index (χ0v) is 6.86. The summed E-state index contributed by atoms with van der Waals surface area (Å²) in [5.41, 5.74) is -1.25. The van der Waals surface area contributed by atoms with E-state index in [1.807, 2.05) is 0 Å². The third-order valence-corrected chi connectivity index (χ3v) is 2.47. The zero-order chi connectivity index (χ0) is 9.19. The third kappa shape index (κ3) is 1.83. The van der Waals surface area contributed by atoms with Crippen molar-refractivity contribution in [2.75, 3.05) is 6.61 Å². The van der Waals surface area contributed by atoms with Crippen molar-refractivity contribution in [3.8, 4) is 0 Å². The molecule has 70 valence electrons. The van der Waals surface area contributed by atoms with Gasteiger partial charge in [0, 0.05) is 12.8 Å². The maximum Gasteiger partial charge on any atom is 0.133 e. The first-order valence-electron chi connectivity index (χ1n) is 4.11. The highest BCUT2D eigenvalue weighted by Crippen LogP contribution is 2.28. The predicted molar refractivity (Wildman–Crippen MR) is 41.5 cm³/mol. The van der Waals surface area contributed by atoms with Gasteiger partial charge in [-0.25, -0.2) is 0 Å². The molecule has 1 rings (SSSR count). The molecule has 0 aromatic carbocycles. The van der Waals surface area contributed by atoms with Crippen molar-refractivity contribution in [3.63, 3.8) is 0 Å². The highest BCUT2D eigenvalue weighted by molar-refractivity contribution is 5.79. The van der Waals surface area contributed by atoms with E-state index in [9.17, 15) is 15.0 Å². The molecule has 1 aliphatic carbocycles. The Morgan fingerprint density at radius 3 is 2.33 bits per heavy atom. The maximum atomic E-state index is 10.8. The Balaban J connectivity index is 2.55. The van der Waals surface area contributed by atoms with Crippen LogP contribution in [0.5, 0.6) is 0 Å². The average molecular weight is 174 g/mol. The van der Waals surface area contributed by atoms with Crippen LogP contribution in [0.3, 0.4) is 0 Å². The Bertz CT molecular complexity index is 168. The molecular formula is C8H14O4. The normalized spacial score (nSPS) is 25.4. The molecule has 0 radical (unpaired) electrons. The summed E-state index contributed by atoms with van der Waals surface area (Å²) in [5.74, 6) is 0.116. The Labute approximate surface area is 70.8 Å². The van der Waals surface area contributed by atoms with Crippen molar-refractivity contribution < 1.29 is 20.1 Å². The topological polar surface area (TPSA) is 77.8 Å². The standard InChI is InChI=1S/C8H14O4/c9-5-7(11)8(12)3-1-6(10)2-4-8/h7,9,11-12H,1-5H2. The van der Waals surface area contributed by atoms with E-state index in [0.29, 0.717) is 12.8 Å². The van der Waals surface area contributed by atoms with Gasteiger partial charge in [-0.3, -0.25) is 4.79 Å². The van der Waals surface area contributed by atoms with Gasteiger partial charge in [0.25, 0.3) is 0 Å². The second kappa shape index (κ2) is 3.51. The largest absolute Gasteiger partial charge is 0.394 e. The van der Waals surface area contributed by atoms with Crippen molar-refractivity contribution in [2.45, 2.75) is 37.4 Å². The molecule has 0 amide bonds. The molecule has 0 bridgehead atoms. The van der Waals surface area contributed by atoms with Crippen molar-refractivity contribution in [1.29, 1.82) is 0 Å². The van der Waals surface area contributed by atoms with Crippen LogP contribution in [0.2, 0.25) is 0 Å². The molecule has 12 heavy (non-hydrogen) atoms. The van der Waals surface area contributed by atoms with Gasteiger partial charge in [0.15, 0.2) is 0 Å². The molecule has 1 saturated carbocycles. The Hall–Kier alpha value is -0.450. The summed E-state index contributed by atoms with van der Waals surface area (Å²) in [6.45, 7) is -0.454. The molecule has 0 aromatic rings. The lowest BCUT2D eigenvalue weighted by Crippen LogP contribution is -2.47. The maximum absolute atomic E-state index is 10.8. The smallest absolute Gasteiger partial charge is 0.133 e. The van der Waals surface area contributed by atoms with E-state index >= 15 is 0 Å². The summed E-state index contributed by atoms with van der Waals surface area (Å²) >= 11 is 0. The molecule has 0 spiro atoms. The number of aliphatic hydroxyl groups is 3. The van der Waals surface area contributed by atoms with Gasteiger partial charge < -0.3 is 15.3 Å². The van der Waals surface area contributed by atoms with Crippen LogP contribution in [0.4, 0.5) is 0 Å². The highest BCUT2D eigenvalue weighted by atomic mass is 16.4. The predicted octanol–water partition coefficient (Wildman–Crippen LogP) is -0.786. The number of hydrogen-bond acceptors (Lipinski definition) is 4. The first-order chi connectivity index (χ1) is 5.58. The minimum Gasteiger partial charge on any atom is -0.394 e. The lowest BCUT2D eigenvalue weighted by atomic mass is 9.80. The van der Waals surface area contributed by atoms with Crippen molar-refractivity contribution in [2.24, 2.45) is 0 Å². The monoisotopic (exact) mass is 174 g/mol. The van der Waals surface area contributed by atoms with Crippen LogP contribution >= 0.6 is 0 Å². The minimum absolute atomic E-state index is 0.116. The van der Waals surface area contributed by atoms with Gasteiger partial charge >= 0.3 is 0 Å². The number of carbonyl (C=O) groups is 1. The van der Waals surface area contributed by atoms with E-state index in [1.165, 1.54) is 0 Å². The zero-order valence-electron chi connectivity index (χ0n) is 6.86. The summed E-state index contributed by atoms with van der Waals surface area (Å²) in [7, 11) is 0. The Kier molecular flexibility index (Phi) is 2.82. The number of carbonyl (C=O) groups excluding carboxylic acids is 1. The molecule has 1 atom stereocenters. The molecule has 1 aliphatic rings. The van der Waals surface area contributed by atoms with Crippen LogP contribution in [-0.2, 0) is 4.79 Å². The van der Waals surface area contributed by atoms with Gasteiger partial charge in [0.1, 0.15) is 11.9 Å². The van der Waals surface area contributed by atoms with Gasteiger partial charge in [0.05, 0.1) is 12.2 Å². The molecule has 1 unspecified atom stereocenters. The van der Waals surface area contributed by atoms with Crippen LogP contribution in [0.15, 0.2) is 0 Å². The van der Waals surface area contributed by atoms with Gasteiger partial charge in [-0.1, -0.05) is 0 Å². The second-order valence-electron chi connectivity index (χ2n) is 3.34. The fourth-order valence-electron chi connectivity index (χ4n) is 1.46. The second-order valence-corrected chi connectivity index (χ2v) is 3.34. The summed E-state index contributed by atoms with van der Waals surface area (Å²) in [6.07, 6.45) is -0.00648. The minimum atomic E-state index is -1.25. The molecule has 0 aliphatic heterocycles. The van der Waals surface area contributed by atoms with Crippen LogP contribution in [-0.4, -0.2) is 39.4 Å². The molecule has 0 aromatic heterocycles. The van der Waals surface area contributed by atoms with Crippen LogP contribution < -0.4 is 0 Å². The van der Waals surface area contributed by atoms with Crippen LogP contribution in [0, 0.1) is 0 Å². The molecular weight excluding hydrogens is 160 g/mol. The summed E-state index contributed by atoms with van der Waals surface area (Å²) in [5, 5.41) is 27.5. The van der Waals surface area contributed by atoms with Crippen molar-refractivity contribution in [1.82, 2.24) is 0 Å². The van der Waals surface area contributed by atoms with Crippen LogP contribution in [0.25, 0.3) is 0 Å². The number of aliphatic hydroxyl groups excluding tert-OH is 2. The van der Waals surface area contributed by atoms with E-state index in [0.717, 1.165) is 0 Å². The quantitative estimate of drug-likeness (QED) is 0.513. The van der Waals surface area contributed by atoms with E-state index < -0.39 is 18.3 Å². The van der Waals surface area contributed by atoms with Gasteiger partial charge in [0.2, 0.25) is 0 Å². The van der Waals surface area contributed by atoms with E-state index in [2.05, 4.69) is 0 Å². The first-order valence-corrected chi connectivity index (χ1v) is 4.11. The summed E-state index contributed by atoms with van der Waals surface area (Å²) < 4.78 is 0. The number of ketones is 1.